The number of carbonyl (C=O) groups is 1. The summed E-state index contributed by atoms with van der Waals surface area (Å²) in [6.45, 7) is 0.879. The molecule has 0 radical (unpaired) electrons. The number of hydrogen-bond acceptors (Lipinski definition) is 7. The van der Waals surface area contributed by atoms with Crippen molar-refractivity contribution in [1.29, 1.82) is 0 Å². The van der Waals surface area contributed by atoms with Crippen molar-refractivity contribution in [3.05, 3.63) is 66.0 Å². The van der Waals surface area contributed by atoms with Crippen LogP contribution in [0.25, 0.3) is 5.95 Å². The number of aromatic amines is 2. The Hall–Kier alpha value is -4.02. The molecule has 0 aliphatic carbocycles. The molecule has 1 amide bonds. The number of rotatable bonds is 4. The Morgan fingerprint density at radius 2 is 2.14 bits per heavy atom. The van der Waals surface area contributed by atoms with E-state index in [1.165, 1.54) is 17.2 Å². The molecule has 146 valence electrons. The minimum Gasteiger partial charge on any atom is -0.497 e. The fourth-order valence-corrected chi connectivity index (χ4v) is 3.51. The average Bonchev–Trinajstić information content (AvgIpc) is 3.53. The Balaban J connectivity index is 1.45. The predicted molar refractivity (Wildman–Crippen MR) is 99.5 cm³/mol. The van der Waals surface area contributed by atoms with Gasteiger partial charge in [-0.3, -0.25) is 14.5 Å². The number of H-pyrrole nitrogens is 2. The molecular formula is C18H17N9O2. The molecule has 1 atom stereocenters. The summed E-state index contributed by atoms with van der Waals surface area (Å²) in [6.07, 6.45) is 4.59. The van der Waals surface area contributed by atoms with Gasteiger partial charge in [-0.15, -0.1) is 15.3 Å². The average molecular weight is 391 g/mol. The zero-order valence-corrected chi connectivity index (χ0v) is 15.5. The maximum absolute atomic E-state index is 13.1. The van der Waals surface area contributed by atoms with Crippen LogP contribution in [0.1, 0.15) is 33.5 Å². The van der Waals surface area contributed by atoms with Crippen LogP contribution in [0.3, 0.4) is 0 Å². The van der Waals surface area contributed by atoms with E-state index in [4.69, 9.17) is 4.74 Å². The van der Waals surface area contributed by atoms with Crippen molar-refractivity contribution >= 4 is 5.91 Å². The standard InChI is InChI=1S/C18H17N9O2/c1-29-12-4-2-3-11(5-12)13-6-26(7-14-15(13)20-8-19-14)17(28)16-23-18(25-24-16)27-9-21-22-10-27/h2-5,8-10,13H,6-7H2,1H3,(H,19,20)(H,23,24,25). The summed E-state index contributed by atoms with van der Waals surface area (Å²) in [5.74, 6) is 0.897. The monoisotopic (exact) mass is 391 g/mol. The summed E-state index contributed by atoms with van der Waals surface area (Å²) in [5.41, 5.74) is 2.86. The Labute approximate surface area is 164 Å². The van der Waals surface area contributed by atoms with E-state index >= 15 is 0 Å². The van der Waals surface area contributed by atoms with Crippen molar-refractivity contribution in [3.63, 3.8) is 0 Å². The highest BCUT2D eigenvalue weighted by Gasteiger charge is 2.33. The Bertz CT molecular complexity index is 1150. The summed E-state index contributed by atoms with van der Waals surface area (Å²) in [6, 6.07) is 7.80. The molecule has 4 aromatic rings. The van der Waals surface area contributed by atoms with E-state index in [0.717, 1.165) is 22.7 Å². The number of fused-ring (bicyclic) bond motifs is 1. The third kappa shape index (κ3) is 3.02. The Morgan fingerprint density at radius 3 is 2.97 bits per heavy atom. The third-order valence-corrected chi connectivity index (χ3v) is 4.94. The van der Waals surface area contributed by atoms with E-state index in [-0.39, 0.29) is 17.6 Å². The minimum absolute atomic E-state index is 0.0794. The SMILES string of the molecule is COc1cccc(C2CN(C(=O)c3nc(-n4cnnc4)n[nH]3)Cc3[nH]cnc32)c1. The number of amides is 1. The molecule has 1 aromatic carbocycles. The fourth-order valence-electron chi connectivity index (χ4n) is 3.51. The molecule has 11 nitrogen and oxygen atoms in total. The van der Waals surface area contributed by atoms with Gasteiger partial charge in [-0.2, -0.15) is 4.98 Å². The van der Waals surface area contributed by atoms with Gasteiger partial charge in [-0.05, 0) is 17.7 Å². The number of carbonyl (C=O) groups excluding carboxylic acids is 1. The topological polar surface area (TPSA) is 130 Å². The van der Waals surface area contributed by atoms with Gasteiger partial charge in [0, 0.05) is 12.5 Å². The highest BCUT2D eigenvalue weighted by atomic mass is 16.5. The maximum atomic E-state index is 13.1. The molecule has 29 heavy (non-hydrogen) atoms. The van der Waals surface area contributed by atoms with E-state index in [0.29, 0.717) is 19.0 Å². The molecule has 1 unspecified atom stereocenters. The molecule has 3 aromatic heterocycles. The molecule has 1 aliphatic rings. The number of aromatic nitrogens is 8. The smallest absolute Gasteiger partial charge is 0.291 e. The summed E-state index contributed by atoms with van der Waals surface area (Å²) < 4.78 is 6.88. The van der Waals surface area contributed by atoms with Crippen LogP contribution in [0.4, 0.5) is 0 Å². The molecule has 2 N–H and O–H groups in total. The van der Waals surface area contributed by atoms with E-state index in [9.17, 15) is 4.79 Å². The first-order chi connectivity index (χ1) is 14.2. The van der Waals surface area contributed by atoms with E-state index in [2.05, 4.69) is 35.3 Å². The highest BCUT2D eigenvalue weighted by Crippen LogP contribution is 2.33. The second kappa shape index (κ2) is 6.86. The van der Waals surface area contributed by atoms with Crippen LogP contribution in [0.5, 0.6) is 5.75 Å². The van der Waals surface area contributed by atoms with Crippen molar-refractivity contribution in [2.24, 2.45) is 0 Å². The Morgan fingerprint density at radius 1 is 1.28 bits per heavy atom. The number of imidazole rings is 1. The van der Waals surface area contributed by atoms with Gasteiger partial charge < -0.3 is 14.6 Å². The fraction of sp³-hybridized carbons (Fsp3) is 0.222. The van der Waals surface area contributed by atoms with Crippen molar-refractivity contribution in [2.75, 3.05) is 13.7 Å². The van der Waals surface area contributed by atoms with Crippen LogP contribution in [-0.4, -0.2) is 64.4 Å². The molecule has 0 saturated heterocycles. The summed E-state index contributed by atoms with van der Waals surface area (Å²) in [7, 11) is 1.63. The van der Waals surface area contributed by atoms with Gasteiger partial charge in [0.05, 0.1) is 31.4 Å². The first-order valence-electron chi connectivity index (χ1n) is 8.95. The highest BCUT2D eigenvalue weighted by molar-refractivity contribution is 5.90. The molecule has 0 fully saturated rings. The molecule has 0 spiro atoms. The lowest BCUT2D eigenvalue weighted by molar-refractivity contribution is 0.0710. The number of hydrogen-bond donors (Lipinski definition) is 2. The van der Waals surface area contributed by atoms with Gasteiger partial charge in [0.25, 0.3) is 11.9 Å². The normalized spacial score (nSPS) is 15.9. The Kier molecular flexibility index (Phi) is 4.04. The van der Waals surface area contributed by atoms with Crippen LogP contribution >= 0.6 is 0 Å². The molecule has 11 heteroatoms. The van der Waals surface area contributed by atoms with Gasteiger partial charge in [-0.25, -0.2) is 4.98 Å². The van der Waals surface area contributed by atoms with Crippen LogP contribution in [-0.2, 0) is 6.54 Å². The summed E-state index contributed by atoms with van der Waals surface area (Å²) in [4.78, 5) is 26.7. The zero-order chi connectivity index (χ0) is 19.8. The van der Waals surface area contributed by atoms with E-state index < -0.39 is 0 Å². The lowest BCUT2D eigenvalue weighted by Gasteiger charge is -2.31. The number of benzene rings is 1. The van der Waals surface area contributed by atoms with Gasteiger partial charge in [-0.1, -0.05) is 12.1 Å². The van der Waals surface area contributed by atoms with Crippen LogP contribution in [0.2, 0.25) is 0 Å². The zero-order valence-electron chi connectivity index (χ0n) is 15.5. The lowest BCUT2D eigenvalue weighted by atomic mass is 9.90. The first kappa shape index (κ1) is 17.1. The number of methoxy groups -OCH3 is 1. The van der Waals surface area contributed by atoms with Crippen molar-refractivity contribution < 1.29 is 9.53 Å². The molecule has 1 aliphatic heterocycles. The maximum Gasteiger partial charge on any atom is 0.291 e. The van der Waals surface area contributed by atoms with Crippen LogP contribution in [0, 0.1) is 0 Å². The van der Waals surface area contributed by atoms with Gasteiger partial charge in [0.1, 0.15) is 18.4 Å². The van der Waals surface area contributed by atoms with Gasteiger partial charge >= 0.3 is 0 Å². The largest absolute Gasteiger partial charge is 0.497 e. The second-order valence-corrected chi connectivity index (χ2v) is 6.63. The molecule has 0 saturated carbocycles. The number of nitrogens with one attached hydrogen (secondary N) is 2. The second-order valence-electron chi connectivity index (χ2n) is 6.63. The van der Waals surface area contributed by atoms with Crippen LogP contribution in [0.15, 0.2) is 43.2 Å². The molecule has 4 heterocycles. The van der Waals surface area contributed by atoms with E-state index in [1.807, 2.05) is 24.3 Å². The summed E-state index contributed by atoms with van der Waals surface area (Å²) >= 11 is 0. The predicted octanol–water partition coefficient (Wildman–Crippen LogP) is 0.905. The molecule has 0 bridgehead atoms. The number of nitrogens with zero attached hydrogens (tertiary/aromatic N) is 7. The van der Waals surface area contributed by atoms with Crippen LogP contribution < -0.4 is 4.74 Å². The van der Waals surface area contributed by atoms with Crippen molar-refractivity contribution in [1.82, 2.24) is 44.8 Å². The lowest BCUT2D eigenvalue weighted by Crippen LogP contribution is -2.39. The summed E-state index contributed by atoms with van der Waals surface area (Å²) in [5, 5.41) is 14.2. The first-order valence-corrected chi connectivity index (χ1v) is 8.95. The number of ether oxygens (including phenoxy) is 1. The minimum atomic E-state index is -0.245. The van der Waals surface area contributed by atoms with Gasteiger partial charge in [0.2, 0.25) is 5.82 Å². The van der Waals surface area contributed by atoms with Crippen molar-refractivity contribution in [3.8, 4) is 11.7 Å². The van der Waals surface area contributed by atoms with Gasteiger partial charge in [0.15, 0.2) is 0 Å². The van der Waals surface area contributed by atoms with Crippen molar-refractivity contribution in [2.45, 2.75) is 12.5 Å². The molecular weight excluding hydrogens is 374 g/mol. The van der Waals surface area contributed by atoms with E-state index in [1.54, 1.807) is 18.3 Å². The molecule has 5 rings (SSSR count). The quantitative estimate of drug-likeness (QED) is 0.528. The third-order valence-electron chi connectivity index (χ3n) is 4.94.